The molecule has 4 aromatic rings. The molecule has 0 amide bonds. The van der Waals surface area contributed by atoms with Crippen molar-refractivity contribution in [1.29, 1.82) is 0 Å². The van der Waals surface area contributed by atoms with Crippen molar-refractivity contribution in [1.82, 2.24) is 30.1 Å². The van der Waals surface area contributed by atoms with Crippen molar-refractivity contribution in [3.05, 3.63) is 82.5 Å². The summed E-state index contributed by atoms with van der Waals surface area (Å²) in [5.74, 6) is 1.82. The van der Waals surface area contributed by atoms with E-state index in [1.54, 1.807) is 23.8 Å². The SMILES string of the molecule is c1cncc(CN(Cc2ccco2)C(c2cccs2)c2nnnn2C2CCCC2)c1. The Labute approximate surface area is 179 Å². The van der Waals surface area contributed by atoms with Gasteiger partial charge < -0.3 is 4.42 Å². The Hall–Kier alpha value is -2.84. The minimum Gasteiger partial charge on any atom is -0.468 e. The van der Waals surface area contributed by atoms with Gasteiger partial charge in [-0.15, -0.1) is 16.4 Å². The van der Waals surface area contributed by atoms with E-state index in [0.29, 0.717) is 19.1 Å². The van der Waals surface area contributed by atoms with Gasteiger partial charge in [0.25, 0.3) is 0 Å². The van der Waals surface area contributed by atoms with Crippen LogP contribution in [0, 0.1) is 0 Å². The van der Waals surface area contributed by atoms with E-state index in [9.17, 15) is 0 Å². The first-order valence-corrected chi connectivity index (χ1v) is 11.2. The first-order valence-electron chi connectivity index (χ1n) is 10.3. The van der Waals surface area contributed by atoms with Gasteiger partial charge in [0.05, 0.1) is 18.8 Å². The summed E-state index contributed by atoms with van der Waals surface area (Å²) in [6.07, 6.45) is 10.2. The smallest absolute Gasteiger partial charge is 0.174 e. The summed E-state index contributed by atoms with van der Waals surface area (Å²) < 4.78 is 7.77. The van der Waals surface area contributed by atoms with E-state index < -0.39 is 0 Å². The third kappa shape index (κ3) is 4.06. The van der Waals surface area contributed by atoms with E-state index in [1.807, 2.05) is 24.4 Å². The largest absolute Gasteiger partial charge is 0.468 e. The van der Waals surface area contributed by atoms with Gasteiger partial charge in [0.1, 0.15) is 11.8 Å². The van der Waals surface area contributed by atoms with Crippen LogP contribution >= 0.6 is 11.3 Å². The number of aromatic nitrogens is 5. The zero-order valence-corrected chi connectivity index (χ0v) is 17.5. The van der Waals surface area contributed by atoms with Crippen LogP contribution in [0.1, 0.15) is 59.8 Å². The van der Waals surface area contributed by atoms with Gasteiger partial charge in [0, 0.05) is 23.8 Å². The topological polar surface area (TPSA) is 72.9 Å². The highest BCUT2D eigenvalue weighted by atomic mass is 32.1. The number of rotatable bonds is 8. The molecule has 7 nitrogen and oxygen atoms in total. The van der Waals surface area contributed by atoms with Gasteiger partial charge in [0.2, 0.25) is 0 Å². The molecule has 1 saturated carbocycles. The second kappa shape index (κ2) is 8.89. The summed E-state index contributed by atoms with van der Waals surface area (Å²) in [6.45, 7) is 1.37. The number of hydrogen-bond acceptors (Lipinski definition) is 7. The molecule has 30 heavy (non-hydrogen) atoms. The predicted molar refractivity (Wildman–Crippen MR) is 114 cm³/mol. The standard InChI is InChI=1S/C22H24N6OS/c1-2-8-18(7-1)28-22(24-25-26-28)21(20-10-5-13-30-20)27(16-19-9-4-12-29-19)15-17-6-3-11-23-14-17/h3-6,9-14,18,21H,1-2,7-8,15-16H2. The van der Waals surface area contributed by atoms with E-state index in [1.165, 1.54) is 17.7 Å². The minimum absolute atomic E-state index is 0.0640. The molecule has 154 valence electrons. The average molecular weight is 421 g/mol. The Kier molecular flexibility index (Phi) is 5.67. The van der Waals surface area contributed by atoms with Gasteiger partial charge >= 0.3 is 0 Å². The summed E-state index contributed by atoms with van der Waals surface area (Å²) in [5, 5.41) is 15.1. The molecule has 0 aromatic carbocycles. The zero-order valence-electron chi connectivity index (χ0n) is 16.7. The van der Waals surface area contributed by atoms with Gasteiger partial charge in [-0.3, -0.25) is 9.88 Å². The first kappa shape index (κ1) is 19.1. The van der Waals surface area contributed by atoms with Gasteiger partial charge in [-0.2, -0.15) is 0 Å². The van der Waals surface area contributed by atoms with E-state index in [-0.39, 0.29) is 6.04 Å². The van der Waals surface area contributed by atoms with E-state index in [2.05, 4.69) is 53.7 Å². The molecule has 1 aliphatic carbocycles. The molecule has 1 fully saturated rings. The molecule has 1 unspecified atom stereocenters. The van der Waals surface area contributed by atoms with Crippen LogP contribution in [0.15, 0.2) is 64.9 Å². The Morgan fingerprint density at radius 3 is 2.80 bits per heavy atom. The van der Waals surface area contributed by atoms with Crippen molar-refractivity contribution in [3.63, 3.8) is 0 Å². The highest BCUT2D eigenvalue weighted by molar-refractivity contribution is 7.10. The summed E-state index contributed by atoms with van der Waals surface area (Å²) >= 11 is 1.74. The molecule has 0 N–H and O–H groups in total. The average Bonchev–Trinajstić information content (AvgIpc) is 3.56. The molecule has 1 aliphatic rings. The molecule has 4 heterocycles. The summed E-state index contributed by atoms with van der Waals surface area (Å²) in [6, 6.07) is 12.6. The van der Waals surface area contributed by atoms with Crippen molar-refractivity contribution in [2.24, 2.45) is 0 Å². The second-order valence-electron chi connectivity index (χ2n) is 7.68. The van der Waals surface area contributed by atoms with Crippen molar-refractivity contribution < 1.29 is 4.42 Å². The lowest BCUT2D eigenvalue weighted by Gasteiger charge is -2.30. The predicted octanol–water partition coefficient (Wildman–Crippen LogP) is 4.63. The van der Waals surface area contributed by atoms with Gasteiger partial charge in [-0.25, -0.2) is 4.68 Å². The van der Waals surface area contributed by atoms with Gasteiger partial charge in [-0.1, -0.05) is 25.0 Å². The summed E-state index contributed by atoms with van der Waals surface area (Å²) in [5.41, 5.74) is 1.14. The number of hydrogen-bond donors (Lipinski definition) is 0. The Morgan fingerprint density at radius 1 is 1.13 bits per heavy atom. The fourth-order valence-electron chi connectivity index (χ4n) is 4.27. The molecular weight excluding hydrogens is 396 g/mol. The monoisotopic (exact) mass is 420 g/mol. The maximum atomic E-state index is 5.70. The second-order valence-corrected chi connectivity index (χ2v) is 8.66. The maximum Gasteiger partial charge on any atom is 0.174 e. The van der Waals surface area contributed by atoms with Gasteiger partial charge in [-0.05, 0) is 58.5 Å². The Balaban J connectivity index is 1.56. The van der Waals surface area contributed by atoms with Crippen LogP contribution in [0.5, 0.6) is 0 Å². The van der Waals surface area contributed by atoms with Crippen LogP contribution in [-0.4, -0.2) is 30.1 Å². The normalized spacial score (nSPS) is 15.8. The third-order valence-electron chi connectivity index (χ3n) is 5.66. The van der Waals surface area contributed by atoms with Crippen LogP contribution in [0.2, 0.25) is 0 Å². The van der Waals surface area contributed by atoms with Crippen LogP contribution in [0.3, 0.4) is 0 Å². The number of thiophene rings is 1. The van der Waals surface area contributed by atoms with Crippen molar-refractivity contribution >= 4 is 11.3 Å². The molecule has 0 radical (unpaired) electrons. The molecule has 0 spiro atoms. The van der Waals surface area contributed by atoms with E-state index in [4.69, 9.17) is 4.42 Å². The molecule has 8 heteroatoms. The zero-order chi connectivity index (χ0) is 20.2. The summed E-state index contributed by atoms with van der Waals surface area (Å²) in [4.78, 5) is 7.90. The quantitative estimate of drug-likeness (QED) is 0.414. The minimum atomic E-state index is -0.0640. The Morgan fingerprint density at radius 2 is 2.07 bits per heavy atom. The molecule has 4 aromatic heterocycles. The molecular formula is C22H24N6OS. The molecule has 0 saturated heterocycles. The lowest BCUT2D eigenvalue weighted by atomic mass is 10.1. The van der Waals surface area contributed by atoms with Crippen molar-refractivity contribution in [2.45, 2.75) is 50.9 Å². The number of pyridine rings is 1. The summed E-state index contributed by atoms with van der Waals surface area (Å²) in [7, 11) is 0. The first-order chi connectivity index (χ1) is 14.9. The third-order valence-corrected chi connectivity index (χ3v) is 6.58. The van der Waals surface area contributed by atoms with E-state index >= 15 is 0 Å². The van der Waals surface area contributed by atoms with Crippen molar-refractivity contribution in [3.8, 4) is 0 Å². The Bertz CT molecular complexity index is 1020. The number of tetrazole rings is 1. The van der Waals surface area contributed by atoms with Crippen LogP contribution in [0.25, 0.3) is 0 Å². The van der Waals surface area contributed by atoms with Gasteiger partial charge in [0.15, 0.2) is 5.82 Å². The fraction of sp³-hybridized carbons (Fsp3) is 0.364. The molecule has 1 atom stereocenters. The highest BCUT2D eigenvalue weighted by Crippen LogP contribution is 2.36. The number of nitrogens with zero attached hydrogens (tertiary/aromatic N) is 6. The van der Waals surface area contributed by atoms with Crippen LogP contribution in [-0.2, 0) is 13.1 Å². The number of furan rings is 1. The van der Waals surface area contributed by atoms with Crippen LogP contribution in [0.4, 0.5) is 0 Å². The maximum absolute atomic E-state index is 5.70. The highest BCUT2D eigenvalue weighted by Gasteiger charge is 2.32. The van der Waals surface area contributed by atoms with Crippen LogP contribution < -0.4 is 0 Å². The van der Waals surface area contributed by atoms with E-state index in [0.717, 1.165) is 30.0 Å². The van der Waals surface area contributed by atoms with Crippen molar-refractivity contribution in [2.75, 3.05) is 0 Å². The molecule has 0 bridgehead atoms. The molecule has 0 aliphatic heterocycles. The fourth-order valence-corrected chi connectivity index (χ4v) is 5.13. The lowest BCUT2D eigenvalue weighted by molar-refractivity contribution is 0.179. The lowest BCUT2D eigenvalue weighted by Crippen LogP contribution is -2.31. The molecule has 5 rings (SSSR count).